The second kappa shape index (κ2) is 8.53. The standard InChI is InChI=1S/C25H23NO6S/c27-23(28)15-31-22-8-4-7-19-24-20(13-14-21(24)32-25(19)22)26-33(29,30)18-11-9-17(10-12-18)16-5-2-1-3-6-16/h1-12,20-21,24,26H,13-15H2,(H,27,28). The maximum absolute atomic E-state index is 13.1. The number of para-hydroxylation sites is 1. The van der Waals surface area contributed by atoms with Crippen LogP contribution in [-0.4, -0.2) is 38.2 Å². The number of nitrogens with one attached hydrogen (secondary N) is 1. The monoisotopic (exact) mass is 465 g/mol. The highest BCUT2D eigenvalue weighted by Gasteiger charge is 2.47. The molecule has 7 nitrogen and oxygen atoms in total. The van der Waals surface area contributed by atoms with Gasteiger partial charge in [-0.25, -0.2) is 17.9 Å². The average Bonchev–Trinajstić information content (AvgIpc) is 3.38. The molecule has 0 saturated heterocycles. The number of hydrogen-bond donors (Lipinski definition) is 2. The van der Waals surface area contributed by atoms with Crippen molar-refractivity contribution in [1.82, 2.24) is 4.72 Å². The largest absolute Gasteiger partial charge is 0.486 e. The first kappa shape index (κ1) is 21.5. The minimum absolute atomic E-state index is 0.160. The van der Waals surface area contributed by atoms with Crippen LogP contribution in [0, 0.1) is 0 Å². The van der Waals surface area contributed by atoms with Crippen molar-refractivity contribution in [3.63, 3.8) is 0 Å². The van der Waals surface area contributed by atoms with Crippen molar-refractivity contribution in [2.24, 2.45) is 0 Å². The fourth-order valence-corrected chi connectivity index (χ4v) is 5.99. The van der Waals surface area contributed by atoms with Crippen LogP contribution >= 0.6 is 0 Å². The average molecular weight is 466 g/mol. The van der Waals surface area contributed by atoms with Gasteiger partial charge in [-0.3, -0.25) is 0 Å². The molecule has 3 unspecified atom stereocenters. The number of carboxylic acids is 1. The molecule has 0 bridgehead atoms. The lowest BCUT2D eigenvalue weighted by Crippen LogP contribution is -2.37. The summed E-state index contributed by atoms with van der Waals surface area (Å²) in [4.78, 5) is 11.1. The van der Waals surface area contributed by atoms with Crippen molar-refractivity contribution in [2.75, 3.05) is 6.61 Å². The van der Waals surface area contributed by atoms with Crippen molar-refractivity contribution < 1.29 is 27.8 Å². The summed E-state index contributed by atoms with van der Waals surface area (Å²) in [5.41, 5.74) is 2.81. The molecule has 3 aromatic rings. The topological polar surface area (TPSA) is 102 Å². The summed E-state index contributed by atoms with van der Waals surface area (Å²) in [5.74, 6) is -0.367. The number of carboxylic acid groups (broad SMARTS) is 1. The first-order valence-corrected chi connectivity index (χ1v) is 12.2. The number of sulfonamides is 1. The van der Waals surface area contributed by atoms with Crippen molar-refractivity contribution in [1.29, 1.82) is 0 Å². The molecular weight excluding hydrogens is 442 g/mol. The molecule has 3 atom stereocenters. The molecule has 0 aromatic heterocycles. The summed E-state index contributed by atoms with van der Waals surface area (Å²) >= 11 is 0. The molecule has 5 rings (SSSR count). The molecule has 33 heavy (non-hydrogen) atoms. The van der Waals surface area contributed by atoms with Crippen molar-refractivity contribution in [3.8, 4) is 22.6 Å². The fraction of sp³-hybridized carbons (Fsp3) is 0.240. The van der Waals surface area contributed by atoms with E-state index in [0.717, 1.165) is 16.7 Å². The van der Waals surface area contributed by atoms with Gasteiger partial charge in [-0.1, -0.05) is 54.6 Å². The van der Waals surface area contributed by atoms with Gasteiger partial charge >= 0.3 is 5.97 Å². The van der Waals surface area contributed by atoms with Gasteiger partial charge in [-0.2, -0.15) is 0 Å². The van der Waals surface area contributed by atoms with Crippen LogP contribution in [0.15, 0.2) is 77.7 Å². The predicted octanol–water partition coefficient (Wildman–Crippen LogP) is 3.80. The Labute approximate surface area is 192 Å². The quantitative estimate of drug-likeness (QED) is 0.550. The third-order valence-electron chi connectivity index (χ3n) is 6.16. The van der Waals surface area contributed by atoms with Gasteiger partial charge in [0, 0.05) is 17.5 Å². The van der Waals surface area contributed by atoms with Gasteiger partial charge in [0.05, 0.1) is 4.90 Å². The number of rotatable bonds is 7. The van der Waals surface area contributed by atoms with Crippen LogP contribution in [0.25, 0.3) is 11.1 Å². The summed E-state index contributed by atoms with van der Waals surface area (Å²) in [6.07, 6.45) is 1.16. The molecule has 2 aliphatic rings. The van der Waals surface area contributed by atoms with Crippen molar-refractivity contribution >= 4 is 16.0 Å². The number of carbonyl (C=O) groups is 1. The number of aliphatic carboxylic acids is 1. The maximum Gasteiger partial charge on any atom is 0.341 e. The van der Waals surface area contributed by atoms with Gasteiger partial charge in [0.25, 0.3) is 0 Å². The lowest BCUT2D eigenvalue weighted by atomic mass is 9.94. The highest BCUT2D eigenvalue weighted by atomic mass is 32.2. The Morgan fingerprint density at radius 1 is 0.970 bits per heavy atom. The second-order valence-electron chi connectivity index (χ2n) is 8.23. The van der Waals surface area contributed by atoms with Crippen LogP contribution < -0.4 is 14.2 Å². The van der Waals surface area contributed by atoms with Crippen LogP contribution in [0.5, 0.6) is 11.5 Å². The van der Waals surface area contributed by atoms with Gasteiger partial charge in [0.15, 0.2) is 18.1 Å². The minimum Gasteiger partial charge on any atom is -0.486 e. The van der Waals surface area contributed by atoms with E-state index in [1.165, 1.54) is 0 Å². The second-order valence-corrected chi connectivity index (χ2v) is 9.95. The summed E-state index contributed by atoms with van der Waals surface area (Å²) < 4.78 is 40.6. The van der Waals surface area contributed by atoms with Gasteiger partial charge in [0.2, 0.25) is 10.0 Å². The molecule has 8 heteroatoms. The Kier molecular flexibility index (Phi) is 5.55. The molecule has 0 spiro atoms. The summed E-state index contributed by atoms with van der Waals surface area (Å²) in [6.45, 7) is -0.468. The Bertz CT molecular complexity index is 1270. The van der Waals surface area contributed by atoms with Gasteiger partial charge in [-0.15, -0.1) is 0 Å². The van der Waals surface area contributed by atoms with E-state index < -0.39 is 22.6 Å². The third-order valence-corrected chi connectivity index (χ3v) is 7.67. The summed E-state index contributed by atoms with van der Waals surface area (Å²) in [7, 11) is -3.73. The molecule has 0 amide bonds. The Morgan fingerprint density at radius 3 is 2.42 bits per heavy atom. The van der Waals surface area contributed by atoms with E-state index in [9.17, 15) is 13.2 Å². The molecule has 3 aromatic carbocycles. The van der Waals surface area contributed by atoms with Crippen LogP contribution in [0.4, 0.5) is 0 Å². The number of benzene rings is 3. The highest BCUT2D eigenvalue weighted by molar-refractivity contribution is 7.89. The number of fused-ring (bicyclic) bond motifs is 3. The van der Waals surface area contributed by atoms with E-state index in [1.807, 2.05) is 36.4 Å². The van der Waals surface area contributed by atoms with Crippen LogP contribution in [0.2, 0.25) is 0 Å². The molecular formula is C25H23NO6S. The number of ether oxygens (including phenoxy) is 2. The molecule has 1 fully saturated rings. The normalized spacial score (nSPS) is 21.2. The summed E-state index contributed by atoms with van der Waals surface area (Å²) in [6, 6.07) is 21.6. The molecule has 1 saturated carbocycles. The Balaban J connectivity index is 1.36. The lowest BCUT2D eigenvalue weighted by Gasteiger charge is -2.20. The molecule has 1 aliphatic heterocycles. The van der Waals surface area contributed by atoms with Crippen LogP contribution in [0.3, 0.4) is 0 Å². The van der Waals surface area contributed by atoms with E-state index in [2.05, 4.69) is 4.72 Å². The zero-order valence-electron chi connectivity index (χ0n) is 17.7. The van der Waals surface area contributed by atoms with E-state index in [4.69, 9.17) is 14.6 Å². The van der Waals surface area contributed by atoms with E-state index in [1.54, 1.807) is 36.4 Å². The predicted molar refractivity (Wildman–Crippen MR) is 122 cm³/mol. The zero-order valence-corrected chi connectivity index (χ0v) is 18.5. The molecule has 170 valence electrons. The molecule has 1 heterocycles. The zero-order chi connectivity index (χ0) is 23.0. The van der Waals surface area contributed by atoms with Crippen molar-refractivity contribution in [3.05, 3.63) is 78.4 Å². The molecule has 1 aliphatic carbocycles. The van der Waals surface area contributed by atoms with Gasteiger partial charge in [0.1, 0.15) is 6.10 Å². The van der Waals surface area contributed by atoms with Gasteiger partial charge in [-0.05, 0) is 42.2 Å². The van der Waals surface area contributed by atoms with E-state index >= 15 is 0 Å². The fourth-order valence-electron chi connectivity index (χ4n) is 4.69. The lowest BCUT2D eigenvalue weighted by molar-refractivity contribution is -0.139. The molecule has 0 radical (unpaired) electrons. The number of hydrogen-bond acceptors (Lipinski definition) is 5. The SMILES string of the molecule is O=C(O)COc1cccc2c1OC1CCC(NS(=O)(=O)c3ccc(-c4ccccc4)cc3)C21. The Morgan fingerprint density at radius 2 is 1.70 bits per heavy atom. The Hall–Kier alpha value is -3.36. The van der Waals surface area contributed by atoms with Crippen molar-refractivity contribution in [2.45, 2.75) is 35.8 Å². The molecule has 2 N–H and O–H groups in total. The van der Waals surface area contributed by atoms with E-state index in [0.29, 0.717) is 24.3 Å². The summed E-state index contributed by atoms with van der Waals surface area (Å²) in [5, 5.41) is 8.90. The highest BCUT2D eigenvalue weighted by Crippen LogP contribution is 2.51. The first-order chi connectivity index (χ1) is 15.9. The minimum atomic E-state index is -3.73. The maximum atomic E-state index is 13.1. The third kappa shape index (κ3) is 4.19. The van der Waals surface area contributed by atoms with E-state index in [-0.39, 0.29) is 23.0 Å². The van der Waals surface area contributed by atoms with Gasteiger partial charge < -0.3 is 14.6 Å². The van der Waals surface area contributed by atoms with Crippen LogP contribution in [-0.2, 0) is 14.8 Å². The first-order valence-electron chi connectivity index (χ1n) is 10.7. The van der Waals surface area contributed by atoms with Crippen LogP contribution in [0.1, 0.15) is 24.3 Å². The smallest absolute Gasteiger partial charge is 0.341 e.